The average molecular weight is 262 g/mol. The molecule has 0 radical (unpaired) electrons. The molecule has 0 amide bonds. The standard InChI is InChI=1S/C13H11FN2O3/c1-7-5-9(14)3-4-11(7)19-13-15-6-10(12(17)18)8(2)16-13/h3-6H,1-2H3,(H,17,18). The van der Waals surface area contributed by atoms with E-state index in [1.54, 1.807) is 13.8 Å². The molecule has 1 aromatic heterocycles. The molecular formula is C13H11FN2O3. The summed E-state index contributed by atoms with van der Waals surface area (Å²) in [5, 5.41) is 8.86. The Balaban J connectivity index is 2.29. The van der Waals surface area contributed by atoms with Crippen molar-refractivity contribution in [3.63, 3.8) is 0 Å². The van der Waals surface area contributed by atoms with Crippen LogP contribution >= 0.6 is 0 Å². The minimum Gasteiger partial charge on any atom is -0.478 e. The Hall–Kier alpha value is -2.50. The summed E-state index contributed by atoms with van der Waals surface area (Å²) in [6.45, 7) is 3.24. The number of ether oxygens (including phenoxy) is 1. The lowest BCUT2D eigenvalue weighted by Gasteiger charge is -2.08. The number of benzene rings is 1. The van der Waals surface area contributed by atoms with Crippen LogP contribution in [0.4, 0.5) is 4.39 Å². The second-order valence-electron chi connectivity index (χ2n) is 3.97. The highest BCUT2D eigenvalue weighted by Gasteiger charge is 2.11. The van der Waals surface area contributed by atoms with E-state index in [4.69, 9.17) is 9.84 Å². The molecule has 6 heteroatoms. The molecule has 0 aliphatic carbocycles. The van der Waals surface area contributed by atoms with E-state index in [1.807, 2.05) is 0 Å². The molecule has 0 fully saturated rings. The summed E-state index contributed by atoms with van der Waals surface area (Å²) in [6, 6.07) is 4.08. The van der Waals surface area contributed by atoms with E-state index in [0.29, 0.717) is 17.0 Å². The second-order valence-corrected chi connectivity index (χ2v) is 3.97. The van der Waals surface area contributed by atoms with Crippen LogP contribution < -0.4 is 4.74 Å². The molecule has 0 spiro atoms. The zero-order valence-corrected chi connectivity index (χ0v) is 10.3. The largest absolute Gasteiger partial charge is 0.478 e. The van der Waals surface area contributed by atoms with Crippen molar-refractivity contribution in [3.8, 4) is 11.8 Å². The SMILES string of the molecule is Cc1cc(F)ccc1Oc1ncc(C(=O)O)c(C)n1. The quantitative estimate of drug-likeness (QED) is 0.920. The fourth-order valence-electron chi connectivity index (χ4n) is 1.53. The summed E-state index contributed by atoms with van der Waals surface area (Å²) < 4.78 is 18.3. The number of aryl methyl sites for hydroxylation is 2. The van der Waals surface area contributed by atoms with Gasteiger partial charge in [-0.3, -0.25) is 0 Å². The van der Waals surface area contributed by atoms with Gasteiger partial charge in [0.15, 0.2) is 0 Å². The van der Waals surface area contributed by atoms with E-state index in [9.17, 15) is 9.18 Å². The normalized spacial score (nSPS) is 10.3. The van der Waals surface area contributed by atoms with Crippen LogP contribution in [-0.4, -0.2) is 21.0 Å². The molecule has 19 heavy (non-hydrogen) atoms. The van der Waals surface area contributed by atoms with Crippen molar-refractivity contribution in [2.45, 2.75) is 13.8 Å². The van der Waals surface area contributed by atoms with E-state index in [1.165, 1.54) is 24.4 Å². The Kier molecular flexibility index (Phi) is 3.41. The number of hydrogen-bond acceptors (Lipinski definition) is 4. The lowest BCUT2D eigenvalue weighted by molar-refractivity contribution is 0.0695. The lowest BCUT2D eigenvalue weighted by atomic mass is 10.2. The number of rotatable bonds is 3. The molecule has 0 saturated heterocycles. The summed E-state index contributed by atoms with van der Waals surface area (Å²) in [6.07, 6.45) is 1.18. The minimum atomic E-state index is -1.10. The Morgan fingerprint density at radius 1 is 1.37 bits per heavy atom. The van der Waals surface area contributed by atoms with Gasteiger partial charge in [-0.1, -0.05) is 0 Å². The van der Waals surface area contributed by atoms with Crippen molar-refractivity contribution in [1.29, 1.82) is 0 Å². The fourth-order valence-corrected chi connectivity index (χ4v) is 1.53. The predicted octanol–water partition coefficient (Wildman–Crippen LogP) is 2.72. The monoisotopic (exact) mass is 262 g/mol. The fraction of sp³-hybridized carbons (Fsp3) is 0.154. The molecule has 0 atom stereocenters. The van der Waals surface area contributed by atoms with Crippen molar-refractivity contribution in [3.05, 3.63) is 47.0 Å². The van der Waals surface area contributed by atoms with Crippen LogP contribution in [0.15, 0.2) is 24.4 Å². The van der Waals surface area contributed by atoms with Crippen molar-refractivity contribution in [2.24, 2.45) is 0 Å². The number of carboxylic acids is 1. The molecule has 1 N–H and O–H groups in total. The van der Waals surface area contributed by atoms with E-state index in [-0.39, 0.29) is 17.4 Å². The number of aromatic nitrogens is 2. The zero-order valence-electron chi connectivity index (χ0n) is 10.3. The molecule has 1 aromatic carbocycles. The maximum absolute atomic E-state index is 12.9. The van der Waals surface area contributed by atoms with E-state index >= 15 is 0 Å². The molecule has 2 aromatic rings. The zero-order chi connectivity index (χ0) is 14.0. The van der Waals surface area contributed by atoms with Gasteiger partial charge in [-0.05, 0) is 37.6 Å². The summed E-state index contributed by atoms with van der Waals surface area (Å²) in [7, 11) is 0. The van der Waals surface area contributed by atoms with Crippen molar-refractivity contribution in [1.82, 2.24) is 9.97 Å². The smallest absolute Gasteiger partial charge is 0.339 e. The Labute approximate surface area is 108 Å². The second kappa shape index (κ2) is 5.01. The molecule has 0 bridgehead atoms. The van der Waals surface area contributed by atoms with Crippen LogP contribution in [0.1, 0.15) is 21.6 Å². The molecule has 0 aliphatic rings. The molecule has 0 saturated carbocycles. The highest BCUT2D eigenvalue weighted by Crippen LogP contribution is 2.23. The summed E-state index contributed by atoms with van der Waals surface area (Å²) in [4.78, 5) is 18.6. The van der Waals surface area contributed by atoms with Crippen molar-refractivity contribution in [2.75, 3.05) is 0 Å². The topological polar surface area (TPSA) is 72.3 Å². The Bertz CT molecular complexity index is 644. The first kappa shape index (κ1) is 12.9. The first-order valence-electron chi connectivity index (χ1n) is 5.48. The first-order chi connectivity index (χ1) is 8.97. The van der Waals surface area contributed by atoms with Crippen LogP contribution in [0.3, 0.4) is 0 Å². The number of carbonyl (C=O) groups is 1. The predicted molar refractivity (Wildman–Crippen MR) is 64.9 cm³/mol. The molecule has 98 valence electrons. The van der Waals surface area contributed by atoms with E-state index in [2.05, 4.69) is 9.97 Å². The van der Waals surface area contributed by atoms with Crippen LogP contribution in [0, 0.1) is 19.7 Å². The summed E-state index contributed by atoms with van der Waals surface area (Å²) in [5.74, 6) is -1.03. The van der Waals surface area contributed by atoms with Crippen LogP contribution in [0.5, 0.6) is 11.8 Å². The molecular weight excluding hydrogens is 251 g/mol. The van der Waals surface area contributed by atoms with Crippen LogP contribution in [0.25, 0.3) is 0 Å². The van der Waals surface area contributed by atoms with Crippen molar-refractivity contribution >= 4 is 5.97 Å². The summed E-state index contributed by atoms with van der Waals surface area (Å²) >= 11 is 0. The highest BCUT2D eigenvalue weighted by atomic mass is 19.1. The van der Waals surface area contributed by atoms with Gasteiger partial charge in [-0.25, -0.2) is 14.2 Å². The van der Waals surface area contributed by atoms with Gasteiger partial charge in [0.25, 0.3) is 0 Å². The maximum Gasteiger partial charge on any atom is 0.339 e. The summed E-state index contributed by atoms with van der Waals surface area (Å²) in [5.41, 5.74) is 0.920. The lowest BCUT2D eigenvalue weighted by Crippen LogP contribution is -2.04. The van der Waals surface area contributed by atoms with Crippen molar-refractivity contribution < 1.29 is 19.0 Å². The van der Waals surface area contributed by atoms with Gasteiger partial charge in [0.05, 0.1) is 11.3 Å². The number of aromatic carboxylic acids is 1. The average Bonchev–Trinajstić information content (AvgIpc) is 2.32. The number of nitrogens with zero attached hydrogens (tertiary/aromatic N) is 2. The molecule has 2 rings (SSSR count). The number of halogens is 1. The third-order valence-electron chi connectivity index (χ3n) is 2.53. The van der Waals surface area contributed by atoms with Gasteiger partial charge in [0.2, 0.25) is 0 Å². The van der Waals surface area contributed by atoms with Crippen LogP contribution in [-0.2, 0) is 0 Å². The Morgan fingerprint density at radius 3 is 2.68 bits per heavy atom. The molecule has 5 nitrogen and oxygen atoms in total. The molecule has 0 aliphatic heterocycles. The van der Waals surface area contributed by atoms with Gasteiger partial charge in [0, 0.05) is 6.20 Å². The third kappa shape index (κ3) is 2.85. The van der Waals surface area contributed by atoms with E-state index in [0.717, 1.165) is 0 Å². The van der Waals surface area contributed by atoms with Gasteiger partial charge >= 0.3 is 12.0 Å². The van der Waals surface area contributed by atoms with Gasteiger partial charge in [-0.15, -0.1) is 0 Å². The first-order valence-corrected chi connectivity index (χ1v) is 5.48. The Morgan fingerprint density at radius 2 is 2.11 bits per heavy atom. The van der Waals surface area contributed by atoms with Crippen LogP contribution in [0.2, 0.25) is 0 Å². The minimum absolute atomic E-state index is 0.0168. The maximum atomic E-state index is 12.9. The van der Waals surface area contributed by atoms with Gasteiger partial charge in [-0.2, -0.15) is 4.98 Å². The van der Waals surface area contributed by atoms with Gasteiger partial charge in [0.1, 0.15) is 11.6 Å². The molecule has 0 unspecified atom stereocenters. The number of hydrogen-bond donors (Lipinski definition) is 1. The third-order valence-corrected chi connectivity index (χ3v) is 2.53. The number of carboxylic acid groups (broad SMARTS) is 1. The molecule has 1 heterocycles. The van der Waals surface area contributed by atoms with E-state index < -0.39 is 5.97 Å². The van der Waals surface area contributed by atoms with Gasteiger partial charge < -0.3 is 9.84 Å². The highest BCUT2D eigenvalue weighted by molar-refractivity contribution is 5.88.